The number of carbonyl (C=O) groups is 1. The van der Waals surface area contributed by atoms with Crippen molar-refractivity contribution in [3.05, 3.63) is 29.3 Å². The molecule has 1 aromatic carbocycles. The van der Waals surface area contributed by atoms with Crippen LogP contribution < -0.4 is 10.1 Å². The van der Waals surface area contributed by atoms with Crippen LogP contribution in [0.3, 0.4) is 0 Å². The predicted molar refractivity (Wildman–Crippen MR) is 86.1 cm³/mol. The van der Waals surface area contributed by atoms with E-state index in [1.165, 1.54) is 0 Å². The summed E-state index contributed by atoms with van der Waals surface area (Å²) in [7, 11) is 0. The molecule has 0 bridgehead atoms. The predicted octanol–water partition coefficient (Wildman–Crippen LogP) is 3.47. The van der Waals surface area contributed by atoms with Gasteiger partial charge in [-0.05, 0) is 55.5 Å². The lowest BCUT2D eigenvalue weighted by Crippen LogP contribution is -2.34. The molecule has 1 heterocycles. The molecule has 1 aromatic rings. The van der Waals surface area contributed by atoms with Crippen molar-refractivity contribution in [3.8, 4) is 5.75 Å². The number of ketones is 1. The zero-order valence-electron chi connectivity index (χ0n) is 13.4. The standard InChI is InChI=1S/C18H27NO2/c1-4-14-10-16(21-12-13(2)3)7-8-17(14)18(20)15-6-5-9-19-11-15/h7-8,10,13,15,19H,4-6,9,11-12H2,1-3H3. The van der Waals surface area contributed by atoms with Crippen LogP contribution in [0.15, 0.2) is 18.2 Å². The second kappa shape index (κ2) is 7.60. The Morgan fingerprint density at radius 2 is 2.24 bits per heavy atom. The van der Waals surface area contributed by atoms with E-state index in [0.29, 0.717) is 12.5 Å². The Labute approximate surface area is 128 Å². The molecule has 0 radical (unpaired) electrons. The van der Waals surface area contributed by atoms with Gasteiger partial charge in [0.25, 0.3) is 0 Å². The van der Waals surface area contributed by atoms with E-state index in [1.54, 1.807) is 0 Å². The van der Waals surface area contributed by atoms with Gasteiger partial charge in [0, 0.05) is 18.0 Å². The summed E-state index contributed by atoms with van der Waals surface area (Å²) in [6.45, 7) is 8.92. The molecule has 0 aliphatic carbocycles. The van der Waals surface area contributed by atoms with E-state index in [-0.39, 0.29) is 11.7 Å². The monoisotopic (exact) mass is 289 g/mol. The number of Topliss-reactive ketones (excluding diaryl/α,β-unsaturated/α-hetero) is 1. The summed E-state index contributed by atoms with van der Waals surface area (Å²) in [5.74, 6) is 1.80. The van der Waals surface area contributed by atoms with Gasteiger partial charge in [0.2, 0.25) is 0 Å². The number of benzene rings is 1. The molecule has 0 saturated carbocycles. The zero-order chi connectivity index (χ0) is 15.2. The highest BCUT2D eigenvalue weighted by atomic mass is 16.5. The number of rotatable bonds is 6. The lowest BCUT2D eigenvalue weighted by atomic mass is 9.88. The fraction of sp³-hybridized carbons (Fsp3) is 0.611. The molecule has 1 aliphatic rings. The van der Waals surface area contributed by atoms with Crippen LogP contribution >= 0.6 is 0 Å². The van der Waals surface area contributed by atoms with Gasteiger partial charge in [-0.15, -0.1) is 0 Å². The maximum Gasteiger partial charge on any atom is 0.167 e. The van der Waals surface area contributed by atoms with Gasteiger partial charge in [-0.25, -0.2) is 0 Å². The molecule has 1 N–H and O–H groups in total. The molecule has 1 atom stereocenters. The first kappa shape index (κ1) is 16.0. The van der Waals surface area contributed by atoms with Crippen LogP contribution in [0, 0.1) is 11.8 Å². The summed E-state index contributed by atoms with van der Waals surface area (Å²) in [5, 5.41) is 3.32. The van der Waals surface area contributed by atoms with Gasteiger partial charge in [0.05, 0.1) is 6.61 Å². The number of hydrogen-bond donors (Lipinski definition) is 1. The van der Waals surface area contributed by atoms with Crippen LogP contribution in [-0.4, -0.2) is 25.5 Å². The summed E-state index contributed by atoms with van der Waals surface area (Å²) in [6, 6.07) is 5.92. The Morgan fingerprint density at radius 3 is 2.86 bits per heavy atom. The van der Waals surface area contributed by atoms with E-state index in [2.05, 4.69) is 26.1 Å². The largest absolute Gasteiger partial charge is 0.493 e. The van der Waals surface area contributed by atoms with Crippen molar-refractivity contribution in [3.63, 3.8) is 0 Å². The minimum Gasteiger partial charge on any atom is -0.493 e. The van der Waals surface area contributed by atoms with E-state index >= 15 is 0 Å². The Morgan fingerprint density at radius 1 is 1.43 bits per heavy atom. The van der Waals surface area contributed by atoms with Gasteiger partial charge in [-0.1, -0.05) is 20.8 Å². The van der Waals surface area contributed by atoms with Crippen molar-refractivity contribution in [2.75, 3.05) is 19.7 Å². The molecule has 0 aromatic heterocycles. The Kier molecular flexibility index (Phi) is 5.80. The highest BCUT2D eigenvalue weighted by Gasteiger charge is 2.23. The smallest absolute Gasteiger partial charge is 0.167 e. The van der Waals surface area contributed by atoms with Crippen LogP contribution in [0.25, 0.3) is 0 Å². The Hall–Kier alpha value is -1.35. The summed E-state index contributed by atoms with van der Waals surface area (Å²) >= 11 is 0. The SMILES string of the molecule is CCc1cc(OCC(C)C)ccc1C(=O)C1CCCNC1. The summed E-state index contributed by atoms with van der Waals surface area (Å²) in [6.07, 6.45) is 2.95. The average molecular weight is 289 g/mol. The van der Waals surface area contributed by atoms with Crippen molar-refractivity contribution >= 4 is 5.78 Å². The number of piperidine rings is 1. The second-order valence-electron chi connectivity index (χ2n) is 6.28. The van der Waals surface area contributed by atoms with Gasteiger partial charge in [-0.3, -0.25) is 4.79 Å². The second-order valence-corrected chi connectivity index (χ2v) is 6.28. The van der Waals surface area contributed by atoms with Crippen LogP contribution in [0.2, 0.25) is 0 Å². The van der Waals surface area contributed by atoms with E-state index < -0.39 is 0 Å². The third kappa shape index (κ3) is 4.31. The number of nitrogens with one attached hydrogen (secondary N) is 1. The van der Waals surface area contributed by atoms with E-state index in [0.717, 1.165) is 49.2 Å². The molecule has 116 valence electrons. The van der Waals surface area contributed by atoms with Gasteiger partial charge >= 0.3 is 0 Å². The number of hydrogen-bond acceptors (Lipinski definition) is 3. The third-order valence-corrected chi connectivity index (χ3v) is 3.97. The van der Waals surface area contributed by atoms with E-state index in [1.807, 2.05) is 18.2 Å². The minimum atomic E-state index is 0.131. The lowest BCUT2D eigenvalue weighted by molar-refractivity contribution is 0.0898. The maximum atomic E-state index is 12.7. The minimum absolute atomic E-state index is 0.131. The van der Waals surface area contributed by atoms with Crippen molar-refractivity contribution < 1.29 is 9.53 Å². The van der Waals surface area contributed by atoms with Crippen molar-refractivity contribution in [2.45, 2.75) is 40.0 Å². The number of carbonyl (C=O) groups excluding carboxylic acids is 1. The first-order valence-corrected chi connectivity index (χ1v) is 8.12. The Bertz CT molecular complexity index is 476. The fourth-order valence-electron chi connectivity index (χ4n) is 2.75. The van der Waals surface area contributed by atoms with Crippen molar-refractivity contribution in [1.82, 2.24) is 5.32 Å². The quantitative estimate of drug-likeness (QED) is 0.815. The van der Waals surface area contributed by atoms with Gasteiger partial charge in [0.1, 0.15) is 5.75 Å². The molecule has 2 rings (SSSR count). The van der Waals surface area contributed by atoms with Crippen LogP contribution in [0.1, 0.15) is 49.5 Å². The lowest BCUT2D eigenvalue weighted by Gasteiger charge is -2.22. The molecule has 1 fully saturated rings. The van der Waals surface area contributed by atoms with E-state index in [9.17, 15) is 4.79 Å². The molecule has 3 heteroatoms. The van der Waals surface area contributed by atoms with Gasteiger partial charge in [0.15, 0.2) is 5.78 Å². The molecule has 21 heavy (non-hydrogen) atoms. The summed E-state index contributed by atoms with van der Waals surface area (Å²) in [5.41, 5.74) is 1.98. The highest BCUT2D eigenvalue weighted by Crippen LogP contribution is 2.24. The topological polar surface area (TPSA) is 38.3 Å². The fourth-order valence-corrected chi connectivity index (χ4v) is 2.75. The Balaban J connectivity index is 2.13. The first-order chi connectivity index (χ1) is 10.1. The molecule has 1 unspecified atom stereocenters. The van der Waals surface area contributed by atoms with Crippen molar-refractivity contribution in [2.24, 2.45) is 11.8 Å². The maximum absolute atomic E-state index is 12.7. The summed E-state index contributed by atoms with van der Waals surface area (Å²) < 4.78 is 5.77. The first-order valence-electron chi connectivity index (χ1n) is 8.12. The molecule has 1 aliphatic heterocycles. The van der Waals surface area contributed by atoms with E-state index in [4.69, 9.17) is 4.74 Å². The number of aryl methyl sites for hydroxylation is 1. The molecule has 3 nitrogen and oxygen atoms in total. The van der Waals surface area contributed by atoms with Crippen LogP contribution in [0.4, 0.5) is 0 Å². The zero-order valence-corrected chi connectivity index (χ0v) is 13.4. The van der Waals surface area contributed by atoms with Crippen LogP contribution in [-0.2, 0) is 6.42 Å². The molecular weight excluding hydrogens is 262 g/mol. The average Bonchev–Trinajstić information content (AvgIpc) is 2.52. The van der Waals surface area contributed by atoms with Gasteiger partial charge in [-0.2, -0.15) is 0 Å². The molecule has 1 saturated heterocycles. The van der Waals surface area contributed by atoms with Gasteiger partial charge < -0.3 is 10.1 Å². The normalized spacial score (nSPS) is 18.8. The third-order valence-electron chi connectivity index (χ3n) is 3.97. The molecular formula is C18H27NO2. The van der Waals surface area contributed by atoms with Crippen LogP contribution in [0.5, 0.6) is 5.75 Å². The molecule has 0 spiro atoms. The number of ether oxygens (including phenoxy) is 1. The summed E-state index contributed by atoms with van der Waals surface area (Å²) in [4.78, 5) is 12.7. The molecule has 0 amide bonds. The highest BCUT2D eigenvalue weighted by molar-refractivity contribution is 5.99. The van der Waals surface area contributed by atoms with Crippen molar-refractivity contribution in [1.29, 1.82) is 0 Å².